The lowest BCUT2D eigenvalue weighted by Gasteiger charge is -2.09. The number of hydrogen-bond donors (Lipinski definition) is 1. The van der Waals surface area contributed by atoms with Crippen LogP contribution in [0.3, 0.4) is 0 Å². The Balaban J connectivity index is 2.52. The largest absolute Gasteiger partial charge is 0.492 e. The summed E-state index contributed by atoms with van der Waals surface area (Å²) in [6.07, 6.45) is 3.47. The third kappa shape index (κ3) is 2.41. The molecule has 0 aliphatic heterocycles. The van der Waals surface area contributed by atoms with Gasteiger partial charge in [-0.05, 0) is 38.0 Å². The second kappa shape index (κ2) is 5.27. The van der Waals surface area contributed by atoms with Crippen LogP contribution >= 0.6 is 12.2 Å². The first-order valence-corrected chi connectivity index (χ1v) is 6.18. The molecule has 0 fully saturated rings. The van der Waals surface area contributed by atoms with Gasteiger partial charge < -0.3 is 4.74 Å². The van der Waals surface area contributed by atoms with E-state index in [1.165, 1.54) is 0 Å². The minimum absolute atomic E-state index is 0.619. The summed E-state index contributed by atoms with van der Waals surface area (Å²) in [5.41, 5.74) is 3.88. The Hall–Kier alpha value is -1.75. The van der Waals surface area contributed by atoms with Crippen LogP contribution in [0.2, 0.25) is 0 Å². The number of pyridine rings is 1. The van der Waals surface area contributed by atoms with Crippen LogP contribution in [-0.2, 0) is 0 Å². The van der Waals surface area contributed by atoms with Gasteiger partial charge in [0.25, 0.3) is 0 Å². The highest BCUT2D eigenvalue weighted by Gasteiger charge is 2.08. The van der Waals surface area contributed by atoms with Crippen LogP contribution in [0.25, 0.3) is 11.3 Å². The summed E-state index contributed by atoms with van der Waals surface area (Å²) in [6, 6.07) is 1.93. The molecule has 2 heterocycles. The molecular weight excluding hydrogens is 246 g/mol. The van der Waals surface area contributed by atoms with Crippen molar-refractivity contribution in [2.75, 3.05) is 6.61 Å². The molecule has 0 saturated carbocycles. The fourth-order valence-corrected chi connectivity index (χ4v) is 1.90. The molecule has 2 aromatic rings. The number of nitrogens with one attached hydrogen (secondary N) is 1. The van der Waals surface area contributed by atoms with E-state index >= 15 is 0 Å². The van der Waals surface area contributed by atoms with Crippen molar-refractivity contribution in [1.29, 1.82) is 0 Å². The van der Waals surface area contributed by atoms with Gasteiger partial charge in [0.1, 0.15) is 10.4 Å². The molecule has 0 bridgehead atoms. The molecule has 0 aromatic carbocycles. The van der Waals surface area contributed by atoms with Gasteiger partial charge in [-0.15, -0.1) is 0 Å². The summed E-state index contributed by atoms with van der Waals surface area (Å²) < 4.78 is 6.11. The lowest BCUT2D eigenvalue weighted by atomic mass is 10.1. The summed E-state index contributed by atoms with van der Waals surface area (Å²) in [6.45, 7) is 6.56. The lowest BCUT2D eigenvalue weighted by Crippen LogP contribution is -1.98. The Morgan fingerprint density at radius 1 is 1.28 bits per heavy atom. The average molecular weight is 261 g/mol. The maximum Gasteiger partial charge on any atom is 0.138 e. The number of nitrogens with zero attached hydrogens (tertiary/aromatic N) is 2. The molecule has 5 heteroatoms. The molecule has 94 valence electrons. The van der Waals surface area contributed by atoms with Crippen molar-refractivity contribution in [3.8, 4) is 17.0 Å². The van der Waals surface area contributed by atoms with Gasteiger partial charge in [0.2, 0.25) is 0 Å². The third-order valence-electron chi connectivity index (χ3n) is 2.83. The topological polar surface area (TPSA) is 50.8 Å². The van der Waals surface area contributed by atoms with Gasteiger partial charge in [-0.1, -0.05) is 12.2 Å². The Bertz CT molecular complexity index is 622. The zero-order chi connectivity index (χ0) is 13.1. The van der Waals surface area contributed by atoms with E-state index in [-0.39, 0.29) is 0 Å². The van der Waals surface area contributed by atoms with Crippen LogP contribution in [-0.4, -0.2) is 21.8 Å². The van der Waals surface area contributed by atoms with E-state index in [0.717, 1.165) is 28.1 Å². The summed E-state index contributed by atoms with van der Waals surface area (Å²) in [7, 11) is 0. The van der Waals surface area contributed by atoms with Crippen molar-refractivity contribution in [3.05, 3.63) is 34.2 Å². The fraction of sp³-hybridized carbons (Fsp3) is 0.308. The molecule has 18 heavy (non-hydrogen) atoms. The molecule has 0 aliphatic carbocycles. The summed E-state index contributed by atoms with van der Waals surface area (Å²) in [4.78, 5) is 4.17. The number of ether oxygens (including phenoxy) is 1. The van der Waals surface area contributed by atoms with Crippen molar-refractivity contribution in [2.24, 2.45) is 0 Å². The predicted molar refractivity (Wildman–Crippen MR) is 73.3 cm³/mol. The van der Waals surface area contributed by atoms with Crippen LogP contribution < -0.4 is 4.74 Å². The molecular formula is C13H15N3OS. The van der Waals surface area contributed by atoms with E-state index in [9.17, 15) is 0 Å². The minimum Gasteiger partial charge on any atom is -0.492 e. The molecule has 0 spiro atoms. The highest BCUT2D eigenvalue weighted by molar-refractivity contribution is 7.71. The van der Waals surface area contributed by atoms with Crippen molar-refractivity contribution < 1.29 is 4.74 Å². The van der Waals surface area contributed by atoms with Crippen molar-refractivity contribution in [2.45, 2.75) is 20.8 Å². The number of rotatable bonds is 3. The molecule has 4 nitrogen and oxygen atoms in total. The molecule has 0 amide bonds. The van der Waals surface area contributed by atoms with Crippen molar-refractivity contribution in [3.63, 3.8) is 0 Å². The molecule has 0 radical (unpaired) electrons. The first kappa shape index (κ1) is 12.7. The second-order valence-corrected chi connectivity index (χ2v) is 4.40. The maximum atomic E-state index is 5.44. The second-order valence-electron chi connectivity index (χ2n) is 3.99. The summed E-state index contributed by atoms with van der Waals surface area (Å²) in [5.74, 6) is 0.747. The Kier molecular flexibility index (Phi) is 3.72. The van der Waals surface area contributed by atoms with E-state index in [1.54, 1.807) is 12.4 Å². The highest BCUT2D eigenvalue weighted by Crippen LogP contribution is 2.25. The smallest absolute Gasteiger partial charge is 0.138 e. The lowest BCUT2D eigenvalue weighted by molar-refractivity contribution is 0.339. The number of aromatic amines is 1. The van der Waals surface area contributed by atoms with E-state index in [1.807, 2.05) is 26.8 Å². The molecule has 2 rings (SSSR count). The van der Waals surface area contributed by atoms with Gasteiger partial charge in [-0.25, -0.2) is 0 Å². The third-order valence-corrected chi connectivity index (χ3v) is 3.22. The Morgan fingerprint density at radius 2 is 2.06 bits per heavy atom. The first-order valence-electron chi connectivity index (χ1n) is 5.77. The van der Waals surface area contributed by atoms with E-state index in [0.29, 0.717) is 11.2 Å². The quantitative estimate of drug-likeness (QED) is 0.862. The van der Waals surface area contributed by atoms with Crippen LogP contribution in [0.5, 0.6) is 5.75 Å². The Labute approximate surface area is 111 Å². The van der Waals surface area contributed by atoms with Gasteiger partial charge in [0.05, 0.1) is 18.5 Å². The molecule has 0 atom stereocenters. The summed E-state index contributed by atoms with van der Waals surface area (Å²) in [5, 5.41) is 7.14. The molecule has 0 unspecified atom stereocenters. The fourth-order valence-electron chi connectivity index (χ4n) is 1.70. The SMILES string of the molecule is CCOc1cncc(-c2n[nH]c(=S)c(C)c2C)c1. The summed E-state index contributed by atoms with van der Waals surface area (Å²) >= 11 is 5.16. The van der Waals surface area contributed by atoms with E-state index in [2.05, 4.69) is 15.2 Å². The number of H-pyrrole nitrogens is 1. The zero-order valence-electron chi connectivity index (χ0n) is 10.7. The van der Waals surface area contributed by atoms with Gasteiger partial charge in [-0.3, -0.25) is 10.1 Å². The van der Waals surface area contributed by atoms with Gasteiger partial charge in [0, 0.05) is 11.8 Å². The van der Waals surface area contributed by atoms with E-state index in [4.69, 9.17) is 17.0 Å². The number of hydrogen-bond acceptors (Lipinski definition) is 4. The van der Waals surface area contributed by atoms with E-state index < -0.39 is 0 Å². The van der Waals surface area contributed by atoms with Crippen LogP contribution in [0, 0.1) is 18.5 Å². The van der Waals surface area contributed by atoms with Gasteiger partial charge in [-0.2, -0.15) is 5.10 Å². The van der Waals surface area contributed by atoms with Crippen molar-refractivity contribution >= 4 is 12.2 Å². The molecule has 0 aliphatic rings. The maximum absolute atomic E-state index is 5.44. The highest BCUT2D eigenvalue weighted by atomic mass is 32.1. The standard InChI is InChI=1S/C13H15N3OS/c1-4-17-11-5-10(6-14-7-11)12-8(2)9(3)13(18)16-15-12/h5-7H,4H2,1-3H3,(H,16,18). The van der Waals surface area contributed by atoms with Crippen LogP contribution in [0.4, 0.5) is 0 Å². The Morgan fingerprint density at radius 3 is 2.78 bits per heavy atom. The van der Waals surface area contributed by atoms with Crippen molar-refractivity contribution in [1.82, 2.24) is 15.2 Å². The van der Waals surface area contributed by atoms with Crippen LogP contribution in [0.1, 0.15) is 18.1 Å². The molecule has 0 saturated heterocycles. The normalized spacial score (nSPS) is 10.4. The first-order chi connectivity index (χ1) is 8.63. The monoisotopic (exact) mass is 261 g/mol. The van der Waals surface area contributed by atoms with Crippen LogP contribution in [0.15, 0.2) is 18.5 Å². The predicted octanol–water partition coefficient (Wildman–Crippen LogP) is 3.22. The molecule has 1 N–H and O–H groups in total. The average Bonchev–Trinajstić information content (AvgIpc) is 2.37. The minimum atomic E-state index is 0.619. The molecule has 2 aromatic heterocycles. The zero-order valence-corrected chi connectivity index (χ0v) is 11.5. The number of aromatic nitrogens is 3. The van der Waals surface area contributed by atoms with Gasteiger partial charge >= 0.3 is 0 Å². The van der Waals surface area contributed by atoms with Gasteiger partial charge in [0.15, 0.2) is 0 Å².